The van der Waals surface area contributed by atoms with Crippen LogP contribution in [0.15, 0.2) is 12.3 Å². The molecule has 4 heteroatoms. The standard InChI is InChI=1S/C12H22N4/c1-10-6-11(15-14-7-10)13-8-12(2,3)9-16(4)5/h6-7H,8-9H2,1-5H3,(H,13,15). The number of rotatable bonds is 5. The van der Waals surface area contributed by atoms with Gasteiger partial charge in [-0.05, 0) is 38.1 Å². The third-order valence-corrected chi connectivity index (χ3v) is 2.28. The van der Waals surface area contributed by atoms with Crippen molar-refractivity contribution in [2.45, 2.75) is 20.8 Å². The number of aryl methyl sites for hydroxylation is 1. The zero-order valence-corrected chi connectivity index (χ0v) is 10.9. The Hall–Kier alpha value is -1.16. The quantitative estimate of drug-likeness (QED) is 0.824. The molecule has 90 valence electrons. The Bertz CT molecular complexity index is 334. The van der Waals surface area contributed by atoms with Crippen molar-refractivity contribution in [1.29, 1.82) is 0 Å². The number of hydrogen-bond acceptors (Lipinski definition) is 4. The summed E-state index contributed by atoms with van der Waals surface area (Å²) in [4.78, 5) is 2.20. The molecule has 1 aromatic heterocycles. The average molecular weight is 222 g/mol. The van der Waals surface area contributed by atoms with E-state index in [1.807, 2.05) is 13.0 Å². The molecule has 0 amide bonds. The van der Waals surface area contributed by atoms with E-state index in [2.05, 4.69) is 48.4 Å². The van der Waals surface area contributed by atoms with Gasteiger partial charge >= 0.3 is 0 Å². The Balaban J connectivity index is 2.50. The van der Waals surface area contributed by atoms with E-state index in [4.69, 9.17) is 0 Å². The van der Waals surface area contributed by atoms with E-state index in [0.717, 1.165) is 24.5 Å². The van der Waals surface area contributed by atoms with E-state index >= 15 is 0 Å². The zero-order chi connectivity index (χ0) is 12.2. The molecule has 1 N–H and O–H groups in total. The minimum absolute atomic E-state index is 0.217. The van der Waals surface area contributed by atoms with Crippen molar-refractivity contribution in [2.75, 3.05) is 32.5 Å². The molecule has 0 fully saturated rings. The highest BCUT2D eigenvalue weighted by atomic mass is 15.2. The van der Waals surface area contributed by atoms with Crippen LogP contribution in [-0.2, 0) is 0 Å². The fourth-order valence-electron chi connectivity index (χ4n) is 1.79. The second kappa shape index (κ2) is 5.25. The summed E-state index contributed by atoms with van der Waals surface area (Å²) in [5.41, 5.74) is 1.34. The van der Waals surface area contributed by atoms with Gasteiger partial charge in [-0.25, -0.2) is 0 Å². The Kier molecular flexibility index (Phi) is 4.24. The molecule has 0 saturated carbocycles. The third kappa shape index (κ3) is 4.57. The van der Waals surface area contributed by atoms with Crippen LogP contribution in [0, 0.1) is 12.3 Å². The van der Waals surface area contributed by atoms with Crippen molar-refractivity contribution in [1.82, 2.24) is 15.1 Å². The zero-order valence-electron chi connectivity index (χ0n) is 10.9. The molecule has 4 nitrogen and oxygen atoms in total. The molecular formula is C12H22N4. The fourth-order valence-corrected chi connectivity index (χ4v) is 1.79. The van der Waals surface area contributed by atoms with E-state index in [-0.39, 0.29) is 5.41 Å². The van der Waals surface area contributed by atoms with Crippen molar-refractivity contribution < 1.29 is 0 Å². The highest BCUT2D eigenvalue weighted by Crippen LogP contribution is 2.16. The Morgan fingerprint density at radius 2 is 2.06 bits per heavy atom. The van der Waals surface area contributed by atoms with Crippen molar-refractivity contribution >= 4 is 5.82 Å². The lowest BCUT2D eigenvalue weighted by atomic mass is 9.93. The van der Waals surface area contributed by atoms with E-state index in [9.17, 15) is 0 Å². The van der Waals surface area contributed by atoms with Crippen LogP contribution in [0.2, 0.25) is 0 Å². The van der Waals surface area contributed by atoms with Gasteiger partial charge in [0.05, 0.1) is 6.20 Å². The molecule has 0 spiro atoms. The maximum atomic E-state index is 4.05. The van der Waals surface area contributed by atoms with Gasteiger partial charge in [-0.15, -0.1) is 5.10 Å². The summed E-state index contributed by atoms with van der Waals surface area (Å²) in [5.74, 6) is 0.854. The van der Waals surface area contributed by atoms with Crippen LogP contribution in [0.3, 0.4) is 0 Å². The van der Waals surface area contributed by atoms with E-state index in [0.29, 0.717) is 0 Å². The van der Waals surface area contributed by atoms with Crippen LogP contribution in [0.5, 0.6) is 0 Å². The fraction of sp³-hybridized carbons (Fsp3) is 0.667. The highest BCUT2D eigenvalue weighted by molar-refractivity contribution is 5.35. The second-order valence-corrected chi connectivity index (χ2v) is 5.37. The molecule has 0 bridgehead atoms. The summed E-state index contributed by atoms with van der Waals surface area (Å²) >= 11 is 0. The van der Waals surface area contributed by atoms with Crippen LogP contribution >= 0.6 is 0 Å². The van der Waals surface area contributed by atoms with Crippen LogP contribution in [-0.4, -0.2) is 42.3 Å². The first-order valence-corrected chi connectivity index (χ1v) is 5.57. The summed E-state index contributed by atoms with van der Waals surface area (Å²) in [6.07, 6.45) is 1.76. The molecule has 1 aromatic rings. The summed E-state index contributed by atoms with van der Waals surface area (Å²) < 4.78 is 0. The monoisotopic (exact) mass is 222 g/mol. The molecular weight excluding hydrogens is 200 g/mol. The first kappa shape index (κ1) is 12.9. The number of nitrogens with zero attached hydrogens (tertiary/aromatic N) is 3. The minimum Gasteiger partial charge on any atom is -0.368 e. The number of aromatic nitrogens is 2. The Morgan fingerprint density at radius 1 is 1.38 bits per heavy atom. The predicted molar refractivity (Wildman–Crippen MR) is 67.6 cm³/mol. The lowest BCUT2D eigenvalue weighted by Crippen LogP contribution is -2.34. The molecule has 1 heterocycles. The van der Waals surface area contributed by atoms with Crippen LogP contribution < -0.4 is 5.32 Å². The van der Waals surface area contributed by atoms with Crippen molar-refractivity contribution in [3.63, 3.8) is 0 Å². The summed E-state index contributed by atoms with van der Waals surface area (Å²) in [5, 5.41) is 11.3. The topological polar surface area (TPSA) is 41.1 Å². The van der Waals surface area contributed by atoms with Gasteiger partial charge in [-0.3, -0.25) is 0 Å². The first-order chi connectivity index (χ1) is 7.39. The maximum Gasteiger partial charge on any atom is 0.148 e. The predicted octanol–water partition coefficient (Wildman–Crippen LogP) is 1.78. The molecule has 0 unspecified atom stereocenters. The molecule has 0 atom stereocenters. The molecule has 0 aliphatic rings. The first-order valence-electron chi connectivity index (χ1n) is 5.57. The van der Waals surface area contributed by atoms with Crippen molar-refractivity contribution in [3.05, 3.63) is 17.8 Å². The largest absolute Gasteiger partial charge is 0.368 e. The molecule has 0 radical (unpaired) electrons. The van der Waals surface area contributed by atoms with Gasteiger partial charge in [0.1, 0.15) is 5.82 Å². The van der Waals surface area contributed by atoms with Gasteiger partial charge in [0.15, 0.2) is 0 Å². The lowest BCUT2D eigenvalue weighted by Gasteiger charge is -2.28. The van der Waals surface area contributed by atoms with Gasteiger partial charge in [-0.2, -0.15) is 5.10 Å². The lowest BCUT2D eigenvalue weighted by molar-refractivity contribution is 0.254. The summed E-state index contributed by atoms with van der Waals surface area (Å²) in [6, 6.07) is 2.01. The molecule has 0 aliphatic carbocycles. The second-order valence-electron chi connectivity index (χ2n) is 5.37. The molecule has 16 heavy (non-hydrogen) atoms. The Labute approximate surface area is 98.1 Å². The molecule has 0 aromatic carbocycles. The van der Waals surface area contributed by atoms with E-state index in [1.54, 1.807) is 6.20 Å². The van der Waals surface area contributed by atoms with Gasteiger partial charge in [0, 0.05) is 13.1 Å². The Morgan fingerprint density at radius 3 is 2.62 bits per heavy atom. The van der Waals surface area contributed by atoms with Crippen molar-refractivity contribution in [3.8, 4) is 0 Å². The summed E-state index contributed by atoms with van der Waals surface area (Å²) in [6.45, 7) is 8.43. The molecule has 1 rings (SSSR count). The van der Waals surface area contributed by atoms with Crippen LogP contribution in [0.1, 0.15) is 19.4 Å². The minimum atomic E-state index is 0.217. The van der Waals surface area contributed by atoms with Gasteiger partial charge in [0.2, 0.25) is 0 Å². The number of anilines is 1. The SMILES string of the molecule is Cc1cnnc(NCC(C)(C)CN(C)C)c1. The van der Waals surface area contributed by atoms with Gasteiger partial charge in [-0.1, -0.05) is 13.8 Å². The third-order valence-electron chi connectivity index (χ3n) is 2.28. The van der Waals surface area contributed by atoms with E-state index < -0.39 is 0 Å². The van der Waals surface area contributed by atoms with Crippen molar-refractivity contribution in [2.24, 2.45) is 5.41 Å². The number of hydrogen-bond donors (Lipinski definition) is 1. The number of nitrogens with one attached hydrogen (secondary N) is 1. The molecule has 0 aliphatic heterocycles. The van der Waals surface area contributed by atoms with Crippen LogP contribution in [0.25, 0.3) is 0 Å². The smallest absolute Gasteiger partial charge is 0.148 e. The summed E-state index contributed by atoms with van der Waals surface area (Å²) in [7, 11) is 4.18. The van der Waals surface area contributed by atoms with E-state index in [1.165, 1.54) is 0 Å². The maximum absolute atomic E-state index is 4.05. The highest BCUT2D eigenvalue weighted by Gasteiger charge is 2.18. The van der Waals surface area contributed by atoms with Gasteiger partial charge in [0.25, 0.3) is 0 Å². The van der Waals surface area contributed by atoms with Gasteiger partial charge < -0.3 is 10.2 Å². The normalized spacial score (nSPS) is 11.9. The molecule has 0 saturated heterocycles. The average Bonchev–Trinajstić information content (AvgIpc) is 2.13. The van der Waals surface area contributed by atoms with Crippen LogP contribution in [0.4, 0.5) is 5.82 Å².